The number of hydrogen-bond donors (Lipinski definition) is 3. The number of primary sulfonamides is 1. The van der Waals surface area contributed by atoms with Gasteiger partial charge in [-0.1, -0.05) is 0 Å². The predicted octanol–water partition coefficient (Wildman–Crippen LogP) is -0.683. The van der Waals surface area contributed by atoms with Gasteiger partial charge in [-0.2, -0.15) is 0 Å². The molecule has 1 heterocycles. The van der Waals surface area contributed by atoms with E-state index in [4.69, 9.17) is 5.14 Å². The third-order valence-electron chi connectivity index (χ3n) is 2.12. The Bertz CT molecular complexity index is 532. The first-order valence-electron chi connectivity index (χ1n) is 5.77. The van der Waals surface area contributed by atoms with Crippen molar-refractivity contribution in [1.29, 1.82) is 0 Å². The minimum absolute atomic E-state index is 0.170. The van der Waals surface area contributed by atoms with Crippen LogP contribution in [0.2, 0.25) is 0 Å². The second-order valence-corrected chi connectivity index (χ2v) is 5.53. The first-order chi connectivity index (χ1) is 8.92. The number of nitrogens with zero attached hydrogens (tertiary/aromatic N) is 2. The Morgan fingerprint density at radius 3 is 2.79 bits per heavy atom. The largest absolute Gasteiger partial charge is 0.369 e. The minimum Gasteiger partial charge on any atom is -0.369 e. The van der Waals surface area contributed by atoms with Gasteiger partial charge in [0.15, 0.2) is 0 Å². The quantitative estimate of drug-likeness (QED) is 0.570. The van der Waals surface area contributed by atoms with Crippen LogP contribution in [0.25, 0.3) is 0 Å². The highest BCUT2D eigenvalue weighted by atomic mass is 32.2. The van der Waals surface area contributed by atoms with Crippen molar-refractivity contribution >= 4 is 21.7 Å². The highest BCUT2D eigenvalue weighted by Gasteiger charge is 2.09. The first-order valence-corrected chi connectivity index (χ1v) is 7.48. The fraction of sp³-hybridized carbons (Fsp3) is 0.500. The summed E-state index contributed by atoms with van der Waals surface area (Å²) in [4.78, 5) is 19.7. The molecule has 1 aromatic heterocycles. The van der Waals surface area contributed by atoms with Gasteiger partial charge in [-0.3, -0.25) is 9.78 Å². The molecule has 0 atom stereocenters. The van der Waals surface area contributed by atoms with E-state index in [1.54, 1.807) is 0 Å². The van der Waals surface area contributed by atoms with Crippen molar-refractivity contribution in [1.82, 2.24) is 15.3 Å². The summed E-state index contributed by atoms with van der Waals surface area (Å²) in [5, 5.41) is 10.3. The lowest BCUT2D eigenvalue weighted by Gasteiger charge is -2.06. The summed E-state index contributed by atoms with van der Waals surface area (Å²) in [5.41, 5.74) is 0.175. The van der Waals surface area contributed by atoms with Crippen molar-refractivity contribution in [2.45, 2.75) is 13.3 Å². The van der Waals surface area contributed by atoms with E-state index in [1.165, 1.54) is 12.4 Å². The van der Waals surface area contributed by atoms with E-state index in [2.05, 4.69) is 20.6 Å². The smallest absolute Gasteiger partial charge is 0.271 e. The van der Waals surface area contributed by atoms with E-state index in [1.807, 2.05) is 6.92 Å². The van der Waals surface area contributed by atoms with Crippen molar-refractivity contribution in [3.05, 3.63) is 18.1 Å². The molecule has 1 aromatic rings. The average Bonchev–Trinajstić information content (AvgIpc) is 2.34. The number of nitrogens with one attached hydrogen (secondary N) is 2. The standard InChI is InChI=1S/C10H17N5O3S/c1-2-13-9-7-12-6-8(15-9)10(16)14-4-3-5-19(11,17)18/h6-7H,2-5H2,1H3,(H,13,15)(H,14,16)(H2,11,17,18). The molecule has 0 radical (unpaired) electrons. The summed E-state index contributed by atoms with van der Waals surface area (Å²) < 4.78 is 21.4. The molecule has 0 aliphatic rings. The van der Waals surface area contributed by atoms with Gasteiger partial charge >= 0.3 is 0 Å². The van der Waals surface area contributed by atoms with Crippen LogP contribution in [0.3, 0.4) is 0 Å². The third kappa shape index (κ3) is 6.11. The lowest BCUT2D eigenvalue weighted by atomic mass is 10.4. The molecule has 0 spiro atoms. The molecule has 9 heteroatoms. The Hall–Kier alpha value is -1.74. The van der Waals surface area contributed by atoms with E-state index in [9.17, 15) is 13.2 Å². The molecule has 1 amide bonds. The van der Waals surface area contributed by atoms with Crippen molar-refractivity contribution in [3.8, 4) is 0 Å². The Kier molecular flexibility index (Phi) is 5.64. The molecule has 19 heavy (non-hydrogen) atoms. The molecule has 0 saturated heterocycles. The molecule has 0 aliphatic carbocycles. The van der Waals surface area contributed by atoms with Crippen LogP contribution in [0, 0.1) is 0 Å². The van der Waals surface area contributed by atoms with Crippen LogP contribution >= 0.6 is 0 Å². The SMILES string of the molecule is CCNc1cncc(C(=O)NCCCS(N)(=O)=O)n1. The summed E-state index contributed by atoms with van der Waals surface area (Å²) in [7, 11) is -3.49. The number of sulfonamides is 1. The fourth-order valence-electron chi connectivity index (χ4n) is 1.31. The number of nitrogens with two attached hydrogens (primary N) is 1. The normalized spacial score (nSPS) is 11.1. The zero-order valence-electron chi connectivity index (χ0n) is 10.6. The van der Waals surface area contributed by atoms with Crippen LogP contribution < -0.4 is 15.8 Å². The van der Waals surface area contributed by atoms with Crippen molar-refractivity contribution in [2.75, 3.05) is 24.2 Å². The number of carbonyl (C=O) groups is 1. The van der Waals surface area contributed by atoms with Crippen LogP contribution in [0.5, 0.6) is 0 Å². The van der Waals surface area contributed by atoms with Gasteiger partial charge in [0, 0.05) is 13.1 Å². The van der Waals surface area contributed by atoms with Gasteiger partial charge in [0.05, 0.1) is 18.1 Å². The molecule has 1 rings (SSSR count). The van der Waals surface area contributed by atoms with Gasteiger partial charge in [0.1, 0.15) is 11.5 Å². The number of carbonyl (C=O) groups excluding carboxylic acids is 1. The van der Waals surface area contributed by atoms with E-state index in [-0.39, 0.29) is 24.4 Å². The molecule has 106 valence electrons. The number of rotatable bonds is 7. The molecule has 4 N–H and O–H groups in total. The Morgan fingerprint density at radius 1 is 1.42 bits per heavy atom. The van der Waals surface area contributed by atoms with Gasteiger partial charge < -0.3 is 10.6 Å². The Morgan fingerprint density at radius 2 is 2.16 bits per heavy atom. The maximum Gasteiger partial charge on any atom is 0.271 e. The zero-order chi connectivity index (χ0) is 14.3. The summed E-state index contributed by atoms with van der Waals surface area (Å²) in [6.45, 7) is 2.79. The van der Waals surface area contributed by atoms with Crippen LogP contribution in [0.1, 0.15) is 23.8 Å². The summed E-state index contributed by atoms with van der Waals surface area (Å²) in [5.74, 6) is -0.0579. The summed E-state index contributed by atoms with van der Waals surface area (Å²) in [6.07, 6.45) is 3.11. The number of hydrogen-bond acceptors (Lipinski definition) is 6. The monoisotopic (exact) mass is 287 g/mol. The minimum atomic E-state index is -3.49. The average molecular weight is 287 g/mol. The Labute approximate surface area is 111 Å². The van der Waals surface area contributed by atoms with Crippen molar-refractivity contribution in [2.24, 2.45) is 5.14 Å². The lowest BCUT2D eigenvalue weighted by Crippen LogP contribution is -2.28. The summed E-state index contributed by atoms with van der Waals surface area (Å²) >= 11 is 0. The second-order valence-electron chi connectivity index (χ2n) is 3.80. The maximum atomic E-state index is 11.7. The summed E-state index contributed by atoms with van der Waals surface area (Å²) in [6, 6.07) is 0. The van der Waals surface area contributed by atoms with Gasteiger partial charge in [0.25, 0.3) is 5.91 Å². The number of anilines is 1. The van der Waals surface area contributed by atoms with Gasteiger partial charge in [-0.15, -0.1) is 0 Å². The van der Waals surface area contributed by atoms with Crippen molar-refractivity contribution < 1.29 is 13.2 Å². The van der Waals surface area contributed by atoms with Crippen molar-refractivity contribution in [3.63, 3.8) is 0 Å². The molecular formula is C10H17N5O3S. The van der Waals surface area contributed by atoms with E-state index < -0.39 is 15.9 Å². The predicted molar refractivity (Wildman–Crippen MR) is 71.1 cm³/mol. The number of amides is 1. The molecule has 0 saturated carbocycles. The molecule has 0 fully saturated rings. The molecule has 0 aromatic carbocycles. The van der Waals surface area contributed by atoms with Gasteiger partial charge in [-0.05, 0) is 13.3 Å². The van der Waals surface area contributed by atoms with Crippen LogP contribution in [0.15, 0.2) is 12.4 Å². The fourth-order valence-corrected chi connectivity index (χ4v) is 1.85. The topological polar surface area (TPSA) is 127 Å². The Balaban J connectivity index is 2.47. The van der Waals surface area contributed by atoms with E-state index >= 15 is 0 Å². The first kappa shape index (κ1) is 15.3. The molecule has 0 bridgehead atoms. The van der Waals surface area contributed by atoms with E-state index in [0.29, 0.717) is 12.4 Å². The second kappa shape index (κ2) is 7.00. The molecule has 0 unspecified atom stereocenters. The van der Waals surface area contributed by atoms with Gasteiger partial charge in [0.2, 0.25) is 10.0 Å². The highest BCUT2D eigenvalue weighted by molar-refractivity contribution is 7.89. The van der Waals surface area contributed by atoms with Gasteiger partial charge in [-0.25, -0.2) is 18.5 Å². The molecular weight excluding hydrogens is 270 g/mol. The highest BCUT2D eigenvalue weighted by Crippen LogP contribution is 2.01. The zero-order valence-corrected chi connectivity index (χ0v) is 11.4. The third-order valence-corrected chi connectivity index (χ3v) is 2.97. The maximum absolute atomic E-state index is 11.7. The van der Waals surface area contributed by atoms with E-state index in [0.717, 1.165) is 0 Å². The van der Waals surface area contributed by atoms with Crippen LogP contribution in [-0.2, 0) is 10.0 Å². The lowest BCUT2D eigenvalue weighted by molar-refractivity contribution is 0.0948. The van der Waals surface area contributed by atoms with Crippen LogP contribution in [-0.4, -0.2) is 43.1 Å². The molecule has 8 nitrogen and oxygen atoms in total. The van der Waals surface area contributed by atoms with Crippen LogP contribution in [0.4, 0.5) is 5.82 Å². The number of aromatic nitrogens is 2. The molecule has 0 aliphatic heterocycles.